The summed E-state index contributed by atoms with van der Waals surface area (Å²) < 4.78 is 4.81. The minimum absolute atomic E-state index is 0.0504. The van der Waals surface area contributed by atoms with E-state index in [1.807, 2.05) is 0 Å². The molecule has 0 aliphatic heterocycles. The number of nitrogens with zero attached hydrogens (tertiary/aromatic N) is 1. The van der Waals surface area contributed by atoms with Gasteiger partial charge in [0.2, 0.25) is 5.78 Å². The van der Waals surface area contributed by atoms with Crippen LogP contribution in [0.1, 0.15) is 27.9 Å². The number of methoxy groups -OCH3 is 1. The lowest BCUT2D eigenvalue weighted by Crippen LogP contribution is -2.65. The van der Waals surface area contributed by atoms with Crippen LogP contribution < -0.4 is 11.5 Å². The van der Waals surface area contributed by atoms with Crippen molar-refractivity contribution in [2.45, 2.75) is 24.5 Å². The lowest BCUT2D eigenvalue weighted by atomic mass is 9.57. The summed E-state index contributed by atoms with van der Waals surface area (Å²) in [6, 6.07) is 6.31. The Morgan fingerprint density at radius 2 is 1.78 bits per heavy atom. The summed E-state index contributed by atoms with van der Waals surface area (Å²) in [6.07, 6.45) is 0.0336. The first kappa shape index (κ1) is 27.9. The highest BCUT2D eigenvalue weighted by Crippen LogP contribution is 2.53. The van der Waals surface area contributed by atoms with Crippen molar-refractivity contribution in [3.05, 3.63) is 63.9 Å². The van der Waals surface area contributed by atoms with E-state index in [0.717, 1.165) is 0 Å². The first-order valence-corrected chi connectivity index (χ1v) is 12.7. The Balaban J connectivity index is 1.73. The van der Waals surface area contributed by atoms with E-state index < -0.39 is 64.0 Å². The number of phenolic OH excluding ortho intramolecular Hbond substituents is 1. The zero-order chi connectivity index (χ0) is 30.1. The number of Topliss-reactive ketones (excluding diaryl/α,β-unsaturated/α-hetero) is 2. The Hall–Kier alpha value is -4.68. The molecule has 4 unspecified atom stereocenters. The topological polar surface area (TPSA) is 214 Å². The molecule has 8 N–H and O–H groups in total. The molecule has 0 heterocycles. The van der Waals surface area contributed by atoms with E-state index in [0.29, 0.717) is 16.7 Å². The molecule has 214 valence electrons. The fraction of sp³-hybridized carbons (Fsp3) is 0.310. The van der Waals surface area contributed by atoms with Crippen LogP contribution in [0.4, 0.5) is 5.69 Å². The monoisotopic (exact) mass is 563 g/mol. The van der Waals surface area contributed by atoms with Crippen molar-refractivity contribution >= 4 is 34.9 Å². The molecule has 1 fully saturated rings. The number of likely N-dealkylation sites (N-methyl/N-ethyl adjacent to an activating group) is 1. The fourth-order valence-corrected chi connectivity index (χ4v) is 6.56. The number of aromatic hydroxyl groups is 1. The van der Waals surface area contributed by atoms with Gasteiger partial charge in [-0.3, -0.25) is 19.3 Å². The molecule has 0 aromatic heterocycles. The molecule has 12 nitrogen and oxygen atoms in total. The summed E-state index contributed by atoms with van der Waals surface area (Å²) in [5.41, 5.74) is 9.36. The number of fused-ring (bicyclic) bond motifs is 3. The van der Waals surface area contributed by atoms with Gasteiger partial charge in [0, 0.05) is 17.2 Å². The number of nitrogens with two attached hydrogens (primary N) is 2. The molecule has 3 aliphatic carbocycles. The van der Waals surface area contributed by atoms with Gasteiger partial charge < -0.3 is 36.6 Å². The van der Waals surface area contributed by atoms with E-state index in [2.05, 4.69) is 0 Å². The number of amides is 1. The van der Waals surface area contributed by atoms with E-state index in [-0.39, 0.29) is 41.0 Å². The second-order valence-corrected chi connectivity index (χ2v) is 10.8. The number of hydrogen-bond donors (Lipinski definition) is 6. The number of phenols is 1. The highest BCUT2D eigenvalue weighted by molar-refractivity contribution is 6.24. The number of aliphatic hydroxyl groups is 3. The number of aliphatic hydroxyl groups excluding tert-OH is 2. The van der Waals surface area contributed by atoms with Crippen molar-refractivity contribution in [3.8, 4) is 16.9 Å². The van der Waals surface area contributed by atoms with Gasteiger partial charge in [-0.15, -0.1) is 0 Å². The van der Waals surface area contributed by atoms with Crippen molar-refractivity contribution in [1.29, 1.82) is 0 Å². The number of carbonyl (C=O) groups excluding carboxylic acids is 4. The van der Waals surface area contributed by atoms with Gasteiger partial charge in [0.1, 0.15) is 22.8 Å². The van der Waals surface area contributed by atoms with E-state index >= 15 is 0 Å². The minimum atomic E-state index is -2.72. The Labute approximate surface area is 234 Å². The third-order valence-electron chi connectivity index (χ3n) is 8.29. The summed E-state index contributed by atoms with van der Waals surface area (Å²) in [6.45, 7) is 0. The van der Waals surface area contributed by atoms with Crippen LogP contribution in [-0.2, 0) is 25.5 Å². The van der Waals surface area contributed by atoms with Crippen molar-refractivity contribution in [1.82, 2.24) is 4.90 Å². The fourth-order valence-electron chi connectivity index (χ4n) is 6.56. The zero-order valence-electron chi connectivity index (χ0n) is 22.5. The molecule has 5 rings (SSSR count). The van der Waals surface area contributed by atoms with Crippen LogP contribution in [0, 0.1) is 11.8 Å². The zero-order valence-corrected chi connectivity index (χ0v) is 22.5. The van der Waals surface area contributed by atoms with E-state index in [4.69, 9.17) is 16.2 Å². The third-order valence-corrected chi connectivity index (χ3v) is 8.29. The molecule has 2 aromatic carbocycles. The molecule has 0 radical (unpaired) electrons. The van der Waals surface area contributed by atoms with Crippen LogP contribution in [0.15, 0.2) is 47.2 Å². The van der Waals surface area contributed by atoms with E-state index in [1.165, 1.54) is 38.2 Å². The van der Waals surface area contributed by atoms with Gasteiger partial charge in [0.25, 0.3) is 5.91 Å². The third kappa shape index (κ3) is 3.90. The van der Waals surface area contributed by atoms with Gasteiger partial charge >= 0.3 is 5.97 Å². The maximum atomic E-state index is 14.0. The molecule has 41 heavy (non-hydrogen) atoms. The smallest absolute Gasteiger partial charge is 0.337 e. The molecule has 2 aromatic rings. The highest BCUT2D eigenvalue weighted by Gasteiger charge is 2.64. The highest BCUT2D eigenvalue weighted by atomic mass is 16.5. The number of ketones is 2. The standard InChI is InChI=1S/C29H29N3O9/c1-32(2)22-17-10-12-9-16-15(11-6-13(28(39)41-3)8-14(30)7-11)4-5-18(33)20(16)23(34)19(12)25(36)29(17,40)26(37)21(24(22)35)27(31)38/h4-8,12,17,22,33-34,37,40H,9-10,30H2,1-3H3,(H2,31,38). The number of primary amides is 1. The first-order chi connectivity index (χ1) is 19.2. The van der Waals surface area contributed by atoms with Gasteiger partial charge in [-0.1, -0.05) is 6.07 Å². The predicted molar refractivity (Wildman–Crippen MR) is 145 cm³/mol. The second-order valence-electron chi connectivity index (χ2n) is 10.8. The molecule has 0 saturated heterocycles. The van der Waals surface area contributed by atoms with Gasteiger partial charge in [-0.25, -0.2) is 4.79 Å². The Morgan fingerprint density at radius 3 is 2.39 bits per heavy atom. The summed E-state index contributed by atoms with van der Waals surface area (Å²) in [5, 5.41) is 44.9. The Kier molecular flexibility index (Phi) is 6.43. The van der Waals surface area contributed by atoms with Crippen LogP contribution in [0.3, 0.4) is 0 Å². The summed E-state index contributed by atoms with van der Waals surface area (Å²) in [5.74, 6) is -7.91. The van der Waals surface area contributed by atoms with Crippen LogP contribution in [-0.4, -0.2) is 81.6 Å². The van der Waals surface area contributed by atoms with Crippen molar-refractivity contribution in [2.24, 2.45) is 17.6 Å². The van der Waals surface area contributed by atoms with Gasteiger partial charge in [-0.05, 0) is 73.8 Å². The maximum absolute atomic E-state index is 14.0. The van der Waals surface area contributed by atoms with Crippen molar-refractivity contribution in [2.75, 3.05) is 26.9 Å². The van der Waals surface area contributed by atoms with Gasteiger partial charge in [-0.2, -0.15) is 0 Å². The SMILES string of the molecule is COC(=O)c1cc(N)cc(-c2ccc(O)c3c2CC2CC4C(N(C)C)C(=O)C(C(N)=O)=C(O)C4(O)C(=O)C2=C3O)c1. The largest absolute Gasteiger partial charge is 0.508 e. The number of anilines is 1. The van der Waals surface area contributed by atoms with Gasteiger partial charge in [0.15, 0.2) is 11.4 Å². The number of carbonyl (C=O) groups is 4. The normalized spacial score (nSPS) is 25.5. The summed E-state index contributed by atoms with van der Waals surface area (Å²) >= 11 is 0. The number of ether oxygens (including phenoxy) is 1. The number of esters is 1. The molecule has 4 atom stereocenters. The van der Waals surface area contributed by atoms with Gasteiger partial charge in [0.05, 0.1) is 24.3 Å². The number of rotatable bonds is 4. The van der Waals surface area contributed by atoms with Crippen molar-refractivity contribution in [3.63, 3.8) is 0 Å². The van der Waals surface area contributed by atoms with E-state index in [1.54, 1.807) is 18.2 Å². The minimum Gasteiger partial charge on any atom is -0.508 e. The second kappa shape index (κ2) is 9.46. The molecule has 1 saturated carbocycles. The quantitative estimate of drug-likeness (QED) is 0.175. The predicted octanol–water partition coefficient (Wildman–Crippen LogP) is 1.000. The number of benzene rings is 2. The van der Waals surface area contributed by atoms with Crippen LogP contribution in [0.25, 0.3) is 16.9 Å². The first-order valence-electron chi connectivity index (χ1n) is 12.7. The molecule has 12 heteroatoms. The summed E-state index contributed by atoms with van der Waals surface area (Å²) in [7, 11) is 4.29. The average molecular weight is 564 g/mol. The molecule has 0 spiro atoms. The van der Waals surface area contributed by atoms with Crippen LogP contribution >= 0.6 is 0 Å². The van der Waals surface area contributed by atoms with Crippen LogP contribution in [0.2, 0.25) is 0 Å². The maximum Gasteiger partial charge on any atom is 0.337 e. The average Bonchev–Trinajstić information content (AvgIpc) is 2.89. The Bertz CT molecular complexity index is 1620. The number of hydrogen-bond acceptors (Lipinski definition) is 11. The molecular weight excluding hydrogens is 534 g/mol. The molecule has 1 amide bonds. The Morgan fingerprint density at radius 1 is 1.10 bits per heavy atom. The number of nitrogen functional groups attached to an aromatic ring is 1. The van der Waals surface area contributed by atoms with Crippen LogP contribution in [0.5, 0.6) is 5.75 Å². The molecule has 3 aliphatic rings. The van der Waals surface area contributed by atoms with E-state index in [9.17, 15) is 39.6 Å². The lowest BCUT2D eigenvalue weighted by Gasteiger charge is -2.50. The lowest BCUT2D eigenvalue weighted by molar-refractivity contribution is -0.153. The molecular formula is C29H29N3O9. The van der Waals surface area contributed by atoms with Crippen molar-refractivity contribution < 1.29 is 44.3 Å². The molecule has 0 bridgehead atoms. The summed E-state index contributed by atoms with van der Waals surface area (Å²) in [4.78, 5) is 53.0.